The molecule has 1 nitrogen and oxygen atoms in total. The van der Waals surface area contributed by atoms with Gasteiger partial charge in [0.25, 0.3) is 0 Å². The van der Waals surface area contributed by atoms with Crippen molar-refractivity contribution < 1.29 is 0 Å². The fourth-order valence-electron chi connectivity index (χ4n) is 1.93. The summed E-state index contributed by atoms with van der Waals surface area (Å²) in [4.78, 5) is 1.39. The molecule has 1 aromatic carbocycles. The SMILES string of the molecule is CNCc1cc(-c2ccc(C)cc2C)cs1. The lowest BCUT2D eigenvalue weighted by atomic mass is 10.0. The maximum Gasteiger partial charge on any atom is 0.0296 e. The first kappa shape index (κ1) is 11.4. The Morgan fingerprint density at radius 2 is 2.00 bits per heavy atom. The van der Waals surface area contributed by atoms with Crippen LogP contribution in [0.1, 0.15) is 16.0 Å². The van der Waals surface area contributed by atoms with Gasteiger partial charge in [-0.3, -0.25) is 0 Å². The van der Waals surface area contributed by atoms with Gasteiger partial charge in [-0.15, -0.1) is 11.3 Å². The van der Waals surface area contributed by atoms with E-state index in [4.69, 9.17) is 0 Å². The second-order valence-electron chi connectivity index (χ2n) is 4.15. The number of hydrogen-bond acceptors (Lipinski definition) is 2. The molecule has 2 rings (SSSR count). The van der Waals surface area contributed by atoms with Crippen LogP contribution in [0.15, 0.2) is 29.6 Å². The minimum Gasteiger partial charge on any atom is -0.315 e. The van der Waals surface area contributed by atoms with E-state index in [0.717, 1.165) is 6.54 Å². The maximum absolute atomic E-state index is 3.18. The molecule has 0 amide bonds. The highest BCUT2D eigenvalue weighted by Crippen LogP contribution is 2.28. The summed E-state index contributed by atoms with van der Waals surface area (Å²) in [5.74, 6) is 0. The largest absolute Gasteiger partial charge is 0.315 e. The average Bonchev–Trinajstić information content (AvgIpc) is 2.67. The lowest BCUT2D eigenvalue weighted by Crippen LogP contribution is -2.02. The Labute approximate surface area is 101 Å². The van der Waals surface area contributed by atoms with Crippen molar-refractivity contribution in [3.63, 3.8) is 0 Å². The monoisotopic (exact) mass is 231 g/mol. The van der Waals surface area contributed by atoms with Gasteiger partial charge in [-0.25, -0.2) is 0 Å². The van der Waals surface area contributed by atoms with Crippen LogP contribution in [0.5, 0.6) is 0 Å². The average molecular weight is 231 g/mol. The molecular weight excluding hydrogens is 214 g/mol. The Balaban J connectivity index is 2.35. The van der Waals surface area contributed by atoms with E-state index in [1.165, 1.54) is 27.1 Å². The molecule has 0 unspecified atom stereocenters. The van der Waals surface area contributed by atoms with Crippen LogP contribution in [-0.2, 0) is 6.54 Å². The van der Waals surface area contributed by atoms with Crippen molar-refractivity contribution in [1.82, 2.24) is 5.32 Å². The van der Waals surface area contributed by atoms with Gasteiger partial charge in [0, 0.05) is 11.4 Å². The molecule has 0 atom stereocenters. The summed E-state index contributed by atoms with van der Waals surface area (Å²) in [7, 11) is 1.98. The molecule has 1 aromatic heterocycles. The number of thiophene rings is 1. The van der Waals surface area contributed by atoms with Gasteiger partial charge in [-0.05, 0) is 49.0 Å². The number of hydrogen-bond donors (Lipinski definition) is 1. The molecular formula is C14H17NS. The third kappa shape index (κ3) is 2.34. The first-order valence-corrected chi connectivity index (χ1v) is 6.38. The highest BCUT2D eigenvalue weighted by molar-refractivity contribution is 7.10. The summed E-state index contributed by atoms with van der Waals surface area (Å²) in [6.07, 6.45) is 0. The van der Waals surface area contributed by atoms with Crippen molar-refractivity contribution in [1.29, 1.82) is 0 Å². The summed E-state index contributed by atoms with van der Waals surface area (Å²) in [6.45, 7) is 5.27. The van der Waals surface area contributed by atoms with Gasteiger partial charge in [0.1, 0.15) is 0 Å². The quantitative estimate of drug-likeness (QED) is 0.848. The Morgan fingerprint density at radius 1 is 1.19 bits per heavy atom. The van der Waals surface area contributed by atoms with E-state index in [0.29, 0.717) is 0 Å². The summed E-state index contributed by atoms with van der Waals surface area (Å²) in [6, 6.07) is 8.91. The molecule has 0 saturated carbocycles. The fourth-order valence-corrected chi connectivity index (χ4v) is 2.82. The smallest absolute Gasteiger partial charge is 0.0296 e. The summed E-state index contributed by atoms with van der Waals surface area (Å²) >= 11 is 1.82. The van der Waals surface area contributed by atoms with E-state index in [-0.39, 0.29) is 0 Å². The highest BCUT2D eigenvalue weighted by atomic mass is 32.1. The molecule has 0 aliphatic heterocycles. The standard InChI is InChI=1S/C14H17NS/c1-10-4-5-14(11(2)6-10)12-7-13(8-15-3)16-9-12/h4-7,9,15H,8H2,1-3H3. The molecule has 0 fully saturated rings. The van der Waals surface area contributed by atoms with Crippen molar-refractivity contribution in [2.75, 3.05) is 7.05 Å². The van der Waals surface area contributed by atoms with Crippen LogP contribution >= 0.6 is 11.3 Å². The number of aryl methyl sites for hydroxylation is 2. The van der Waals surface area contributed by atoms with Gasteiger partial charge in [0.2, 0.25) is 0 Å². The van der Waals surface area contributed by atoms with Gasteiger partial charge < -0.3 is 5.32 Å². The summed E-state index contributed by atoms with van der Waals surface area (Å²) in [5.41, 5.74) is 5.37. The van der Waals surface area contributed by atoms with Gasteiger partial charge in [0.15, 0.2) is 0 Å². The van der Waals surface area contributed by atoms with Crippen LogP contribution in [0, 0.1) is 13.8 Å². The van der Waals surface area contributed by atoms with Crippen molar-refractivity contribution >= 4 is 11.3 Å². The van der Waals surface area contributed by atoms with Crippen molar-refractivity contribution in [2.45, 2.75) is 20.4 Å². The number of rotatable bonds is 3. The van der Waals surface area contributed by atoms with Crippen molar-refractivity contribution in [2.24, 2.45) is 0 Å². The second kappa shape index (κ2) is 4.81. The van der Waals surface area contributed by atoms with E-state index < -0.39 is 0 Å². The Kier molecular flexibility index (Phi) is 3.42. The zero-order chi connectivity index (χ0) is 11.5. The minimum atomic E-state index is 0.954. The maximum atomic E-state index is 3.18. The van der Waals surface area contributed by atoms with Crippen LogP contribution in [0.25, 0.3) is 11.1 Å². The molecule has 0 aliphatic carbocycles. The molecule has 2 heteroatoms. The van der Waals surface area contributed by atoms with Crippen LogP contribution in [0.3, 0.4) is 0 Å². The van der Waals surface area contributed by atoms with E-state index in [1.807, 2.05) is 18.4 Å². The summed E-state index contributed by atoms with van der Waals surface area (Å²) in [5, 5.41) is 5.42. The van der Waals surface area contributed by atoms with E-state index >= 15 is 0 Å². The minimum absolute atomic E-state index is 0.954. The summed E-state index contributed by atoms with van der Waals surface area (Å²) < 4.78 is 0. The normalized spacial score (nSPS) is 10.7. The van der Waals surface area contributed by atoms with Crippen LogP contribution in [-0.4, -0.2) is 7.05 Å². The van der Waals surface area contributed by atoms with Gasteiger partial charge >= 0.3 is 0 Å². The Hall–Kier alpha value is -1.12. The topological polar surface area (TPSA) is 12.0 Å². The molecule has 0 aliphatic rings. The van der Waals surface area contributed by atoms with Crippen LogP contribution in [0.4, 0.5) is 0 Å². The van der Waals surface area contributed by atoms with Gasteiger partial charge in [-0.2, -0.15) is 0 Å². The second-order valence-corrected chi connectivity index (χ2v) is 5.15. The zero-order valence-corrected chi connectivity index (χ0v) is 10.8. The molecule has 0 spiro atoms. The molecule has 84 valence electrons. The third-order valence-electron chi connectivity index (χ3n) is 2.70. The van der Waals surface area contributed by atoms with Gasteiger partial charge in [-0.1, -0.05) is 23.8 Å². The van der Waals surface area contributed by atoms with Crippen LogP contribution < -0.4 is 5.32 Å². The predicted molar refractivity (Wildman–Crippen MR) is 72.0 cm³/mol. The van der Waals surface area contributed by atoms with Crippen molar-refractivity contribution in [3.8, 4) is 11.1 Å². The molecule has 0 radical (unpaired) electrons. The molecule has 0 saturated heterocycles. The lowest BCUT2D eigenvalue weighted by molar-refractivity contribution is 0.831. The van der Waals surface area contributed by atoms with E-state index in [2.05, 4.69) is 48.8 Å². The number of nitrogens with one attached hydrogen (secondary N) is 1. The highest BCUT2D eigenvalue weighted by Gasteiger charge is 2.04. The molecule has 16 heavy (non-hydrogen) atoms. The first-order valence-electron chi connectivity index (χ1n) is 5.50. The van der Waals surface area contributed by atoms with Crippen LogP contribution in [0.2, 0.25) is 0 Å². The molecule has 0 bridgehead atoms. The lowest BCUT2D eigenvalue weighted by Gasteiger charge is -2.04. The third-order valence-corrected chi connectivity index (χ3v) is 3.63. The molecule has 1 heterocycles. The zero-order valence-electron chi connectivity index (χ0n) is 10.0. The Morgan fingerprint density at radius 3 is 2.69 bits per heavy atom. The molecule has 2 aromatic rings. The van der Waals surface area contributed by atoms with E-state index in [1.54, 1.807) is 0 Å². The Bertz CT molecular complexity index is 485. The fraction of sp³-hybridized carbons (Fsp3) is 0.286. The van der Waals surface area contributed by atoms with E-state index in [9.17, 15) is 0 Å². The number of benzene rings is 1. The van der Waals surface area contributed by atoms with Crippen molar-refractivity contribution in [3.05, 3.63) is 45.6 Å². The van der Waals surface area contributed by atoms with Gasteiger partial charge in [0.05, 0.1) is 0 Å². The molecule has 1 N–H and O–H groups in total. The first-order chi connectivity index (χ1) is 7.70. The predicted octanol–water partition coefficient (Wildman–Crippen LogP) is 3.75.